The molecule has 0 radical (unpaired) electrons. The molecule has 0 unspecified atom stereocenters. The summed E-state index contributed by atoms with van der Waals surface area (Å²) in [6.07, 6.45) is -4.75. The molecule has 5 heteroatoms. The number of rotatable bonds is 2. The average Bonchev–Trinajstić information content (AvgIpc) is 2.38. The lowest BCUT2D eigenvalue weighted by Gasteiger charge is -2.11. The quantitative estimate of drug-likeness (QED) is 0.816. The van der Waals surface area contributed by atoms with Crippen molar-refractivity contribution in [3.63, 3.8) is 0 Å². The van der Waals surface area contributed by atoms with Gasteiger partial charge in [-0.2, -0.15) is 5.26 Å². The van der Waals surface area contributed by atoms with Crippen molar-refractivity contribution < 1.29 is 17.9 Å². The molecule has 0 saturated carbocycles. The largest absolute Gasteiger partial charge is 0.573 e. The second kappa shape index (κ2) is 5.02. The van der Waals surface area contributed by atoms with Crippen LogP contribution in [0.15, 0.2) is 48.5 Å². The number of nitriles is 1. The number of ether oxygens (including phenoxy) is 1. The highest BCUT2D eigenvalue weighted by Gasteiger charge is 2.31. The Bertz CT molecular complexity index is 615. The molecule has 0 saturated heterocycles. The maximum absolute atomic E-state index is 12.2. The number of nitrogens with zero attached hydrogens (tertiary/aromatic N) is 1. The maximum atomic E-state index is 12.2. The number of benzene rings is 2. The second-order valence-corrected chi connectivity index (χ2v) is 3.73. The summed E-state index contributed by atoms with van der Waals surface area (Å²) >= 11 is 0. The maximum Gasteiger partial charge on any atom is 0.573 e. The van der Waals surface area contributed by atoms with Crippen LogP contribution in [-0.2, 0) is 0 Å². The molecule has 0 fully saturated rings. The third-order valence-corrected chi connectivity index (χ3v) is 2.43. The highest BCUT2D eigenvalue weighted by molar-refractivity contribution is 5.71. The first-order chi connectivity index (χ1) is 8.99. The van der Waals surface area contributed by atoms with Crippen molar-refractivity contribution in [1.29, 1.82) is 5.26 Å². The van der Waals surface area contributed by atoms with Crippen molar-refractivity contribution in [2.24, 2.45) is 0 Å². The summed E-state index contributed by atoms with van der Waals surface area (Å²) in [7, 11) is 0. The molecule has 0 spiro atoms. The number of halogens is 3. The van der Waals surface area contributed by atoms with Crippen molar-refractivity contribution in [3.8, 4) is 22.9 Å². The van der Waals surface area contributed by atoms with Gasteiger partial charge in [0.25, 0.3) is 0 Å². The van der Waals surface area contributed by atoms with E-state index in [0.717, 1.165) is 6.07 Å². The van der Waals surface area contributed by atoms with Crippen LogP contribution in [0.25, 0.3) is 11.1 Å². The van der Waals surface area contributed by atoms with Crippen LogP contribution in [0, 0.1) is 11.3 Å². The first kappa shape index (κ1) is 13.0. The van der Waals surface area contributed by atoms with Crippen molar-refractivity contribution >= 4 is 0 Å². The fraction of sp³-hybridized carbons (Fsp3) is 0.0714. The molecular weight excluding hydrogens is 255 g/mol. The molecule has 0 heterocycles. The van der Waals surface area contributed by atoms with Crippen LogP contribution in [0.2, 0.25) is 0 Å². The summed E-state index contributed by atoms with van der Waals surface area (Å²) in [6, 6.07) is 14.3. The van der Waals surface area contributed by atoms with Crippen LogP contribution in [-0.4, -0.2) is 6.36 Å². The Kier molecular flexibility index (Phi) is 3.43. The molecule has 0 aromatic heterocycles. The third-order valence-electron chi connectivity index (χ3n) is 2.43. The lowest BCUT2D eigenvalue weighted by molar-refractivity contribution is -0.274. The first-order valence-electron chi connectivity index (χ1n) is 5.35. The lowest BCUT2D eigenvalue weighted by atomic mass is 10.0. The van der Waals surface area contributed by atoms with Gasteiger partial charge in [0, 0.05) is 5.56 Å². The van der Waals surface area contributed by atoms with Crippen LogP contribution in [0.1, 0.15) is 5.56 Å². The van der Waals surface area contributed by atoms with E-state index in [2.05, 4.69) is 4.74 Å². The van der Waals surface area contributed by atoms with E-state index in [0.29, 0.717) is 16.7 Å². The van der Waals surface area contributed by atoms with Crippen LogP contribution in [0.4, 0.5) is 13.2 Å². The SMILES string of the molecule is N#Cc1ccc(OC(F)(F)F)cc1-c1ccccc1. The van der Waals surface area contributed by atoms with E-state index < -0.39 is 6.36 Å². The van der Waals surface area contributed by atoms with E-state index in [9.17, 15) is 13.2 Å². The highest BCUT2D eigenvalue weighted by atomic mass is 19.4. The molecule has 2 aromatic carbocycles. The van der Waals surface area contributed by atoms with E-state index >= 15 is 0 Å². The zero-order valence-electron chi connectivity index (χ0n) is 9.61. The molecule has 2 nitrogen and oxygen atoms in total. The summed E-state index contributed by atoms with van der Waals surface area (Å²) in [5.74, 6) is -0.342. The molecule has 2 aromatic rings. The van der Waals surface area contributed by atoms with Crippen LogP contribution >= 0.6 is 0 Å². The fourth-order valence-electron chi connectivity index (χ4n) is 1.67. The summed E-state index contributed by atoms with van der Waals surface area (Å²) < 4.78 is 40.4. The standard InChI is InChI=1S/C14H8F3NO/c15-14(16,17)19-12-7-6-11(9-18)13(8-12)10-4-2-1-3-5-10/h1-8H. The minimum atomic E-state index is -4.75. The molecular formula is C14H8F3NO. The van der Waals surface area contributed by atoms with Crippen molar-refractivity contribution in [2.45, 2.75) is 6.36 Å². The number of hydrogen-bond donors (Lipinski definition) is 0. The van der Waals surface area contributed by atoms with E-state index in [4.69, 9.17) is 5.26 Å². The predicted octanol–water partition coefficient (Wildman–Crippen LogP) is 4.12. The van der Waals surface area contributed by atoms with Gasteiger partial charge in [-0.15, -0.1) is 13.2 Å². The second-order valence-electron chi connectivity index (χ2n) is 3.73. The third kappa shape index (κ3) is 3.26. The summed E-state index contributed by atoms with van der Waals surface area (Å²) in [6.45, 7) is 0. The van der Waals surface area contributed by atoms with Gasteiger partial charge in [-0.05, 0) is 23.8 Å². The van der Waals surface area contributed by atoms with Crippen molar-refractivity contribution in [3.05, 3.63) is 54.1 Å². The normalized spacial score (nSPS) is 10.8. The number of hydrogen-bond acceptors (Lipinski definition) is 2. The minimum Gasteiger partial charge on any atom is -0.406 e. The fourth-order valence-corrected chi connectivity index (χ4v) is 1.67. The van der Waals surface area contributed by atoms with E-state index in [1.54, 1.807) is 30.3 Å². The molecule has 0 bridgehead atoms. The molecule has 19 heavy (non-hydrogen) atoms. The highest BCUT2D eigenvalue weighted by Crippen LogP contribution is 2.30. The van der Waals surface area contributed by atoms with E-state index in [-0.39, 0.29) is 5.75 Å². The minimum absolute atomic E-state index is 0.292. The smallest absolute Gasteiger partial charge is 0.406 e. The Balaban J connectivity index is 2.47. The van der Waals surface area contributed by atoms with Gasteiger partial charge in [0.15, 0.2) is 0 Å². The zero-order valence-corrected chi connectivity index (χ0v) is 9.61. The van der Waals surface area contributed by atoms with Gasteiger partial charge in [-0.25, -0.2) is 0 Å². The Morgan fingerprint density at radius 3 is 2.26 bits per heavy atom. The Hall–Kier alpha value is -2.48. The van der Waals surface area contributed by atoms with E-state index in [1.807, 2.05) is 6.07 Å². The van der Waals surface area contributed by atoms with Gasteiger partial charge in [0.05, 0.1) is 11.6 Å². The predicted molar refractivity (Wildman–Crippen MR) is 63.3 cm³/mol. The van der Waals surface area contributed by atoms with Crippen molar-refractivity contribution in [2.75, 3.05) is 0 Å². The Morgan fingerprint density at radius 1 is 1.00 bits per heavy atom. The first-order valence-corrected chi connectivity index (χ1v) is 5.35. The van der Waals surface area contributed by atoms with Crippen molar-refractivity contribution in [1.82, 2.24) is 0 Å². The molecule has 0 amide bonds. The molecule has 2 rings (SSSR count). The summed E-state index contributed by atoms with van der Waals surface area (Å²) in [4.78, 5) is 0. The van der Waals surface area contributed by atoms with Gasteiger partial charge in [0.1, 0.15) is 5.75 Å². The van der Waals surface area contributed by atoms with Gasteiger partial charge < -0.3 is 4.74 Å². The molecule has 96 valence electrons. The van der Waals surface area contributed by atoms with Gasteiger partial charge in [0.2, 0.25) is 0 Å². The monoisotopic (exact) mass is 263 g/mol. The lowest BCUT2D eigenvalue weighted by Crippen LogP contribution is -2.17. The molecule has 0 aliphatic heterocycles. The van der Waals surface area contributed by atoms with Gasteiger partial charge in [-0.3, -0.25) is 0 Å². The molecule has 0 aliphatic carbocycles. The van der Waals surface area contributed by atoms with Gasteiger partial charge in [-0.1, -0.05) is 30.3 Å². The molecule has 0 aliphatic rings. The van der Waals surface area contributed by atoms with Crippen LogP contribution < -0.4 is 4.74 Å². The average molecular weight is 263 g/mol. The van der Waals surface area contributed by atoms with E-state index in [1.165, 1.54) is 12.1 Å². The summed E-state index contributed by atoms with van der Waals surface area (Å²) in [5, 5.41) is 8.99. The Labute approximate surface area is 107 Å². The van der Waals surface area contributed by atoms with Crippen LogP contribution in [0.5, 0.6) is 5.75 Å². The Morgan fingerprint density at radius 2 is 1.68 bits per heavy atom. The van der Waals surface area contributed by atoms with Gasteiger partial charge >= 0.3 is 6.36 Å². The molecule has 0 N–H and O–H groups in total. The zero-order chi connectivity index (χ0) is 13.9. The topological polar surface area (TPSA) is 33.0 Å². The van der Waals surface area contributed by atoms with Crippen LogP contribution in [0.3, 0.4) is 0 Å². The molecule has 0 atom stereocenters. The number of alkyl halides is 3. The summed E-state index contributed by atoms with van der Waals surface area (Å²) in [5.41, 5.74) is 1.36.